The Morgan fingerprint density at radius 2 is 2.20 bits per heavy atom. The zero-order valence-electron chi connectivity index (χ0n) is 11.2. The fourth-order valence-corrected chi connectivity index (χ4v) is 2.57. The van der Waals surface area contributed by atoms with Crippen molar-refractivity contribution >= 4 is 44.3 Å². The number of nitrogens with zero attached hydrogens (tertiary/aromatic N) is 2. The Morgan fingerprint density at radius 3 is 2.85 bits per heavy atom. The summed E-state index contributed by atoms with van der Waals surface area (Å²) < 4.78 is 13.9. The van der Waals surface area contributed by atoms with Crippen LogP contribution in [0, 0.1) is 6.92 Å². The molecule has 0 amide bonds. The van der Waals surface area contributed by atoms with E-state index in [-0.39, 0.29) is 0 Å². The Labute approximate surface area is 135 Å². The van der Waals surface area contributed by atoms with Crippen LogP contribution in [0.15, 0.2) is 29.0 Å². The molecule has 1 aromatic carbocycles. The highest BCUT2D eigenvalue weighted by atomic mass is 79.9. The quantitative estimate of drug-likeness (QED) is 0.761. The Morgan fingerprint density at radius 1 is 1.45 bits per heavy atom. The molecule has 0 unspecified atom stereocenters. The third-order valence-electron chi connectivity index (χ3n) is 2.64. The number of halogens is 1. The lowest BCUT2D eigenvalue weighted by molar-refractivity contribution is 0.411. The number of rotatable bonds is 3. The van der Waals surface area contributed by atoms with E-state index in [4.69, 9.17) is 21.7 Å². The normalized spacial score (nSPS) is 10.4. The van der Waals surface area contributed by atoms with Crippen molar-refractivity contribution in [2.45, 2.75) is 6.92 Å². The summed E-state index contributed by atoms with van der Waals surface area (Å²) in [5.74, 6) is 1.37. The molecule has 4 nitrogen and oxygen atoms in total. The van der Waals surface area contributed by atoms with E-state index < -0.39 is 0 Å². The Balaban J connectivity index is 2.34. The SMILES string of the molecule is COc1cc(-n2cc(OC(=S)SC)cn2)c(C)cc1Br. The fraction of sp³-hybridized carbons (Fsp3) is 0.231. The molecule has 0 atom stereocenters. The molecular weight excluding hydrogens is 360 g/mol. The summed E-state index contributed by atoms with van der Waals surface area (Å²) >= 11 is 9.87. The van der Waals surface area contributed by atoms with Gasteiger partial charge in [-0.2, -0.15) is 5.10 Å². The third-order valence-corrected chi connectivity index (χ3v) is 4.26. The standard InChI is InChI=1S/C13H13BrN2O2S2/c1-8-4-10(14)12(17-2)5-11(8)16-7-9(6-15-16)18-13(19)20-3/h4-7H,1-3H3. The fourth-order valence-electron chi connectivity index (χ4n) is 1.67. The monoisotopic (exact) mass is 372 g/mol. The average molecular weight is 373 g/mol. The largest absolute Gasteiger partial charge is 0.495 e. The molecule has 0 bridgehead atoms. The van der Waals surface area contributed by atoms with Gasteiger partial charge in [-0.25, -0.2) is 4.68 Å². The minimum atomic E-state index is 0.467. The van der Waals surface area contributed by atoms with Crippen LogP contribution in [0.25, 0.3) is 5.69 Å². The van der Waals surface area contributed by atoms with Crippen molar-refractivity contribution in [1.29, 1.82) is 0 Å². The van der Waals surface area contributed by atoms with Crippen molar-refractivity contribution in [2.24, 2.45) is 0 Å². The number of thioether (sulfide) groups is 1. The number of benzene rings is 1. The molecule has 0 spiro atoms. The van der Waals surface area contributed by atoms with E-state index in [1.807, 2.05) is 25.3 Å². The predicted molar refractivity (Wildman–Crippen MR) is 89.3 cm³/mol. The second-order valence-electron chi connectivity index (χ2n) is 3.95. The van der Waals surface area contributed by atoms with Crippen molar-refractivity contribution in [3.8, 4) is 17.2 Å². The molecule has 7 heteroatoms. The van der Waals surface area contributed by atoms with Gasteiger partial charge in [-0.15, -0.1) is 0 Å². The van der Waals surface area contributed by atoms with E-state index in [9.17, 15) is 0 Å². The molecule has 2 rings (SSSR count). The number of aromatic nitrogens is 2. The molecule has 1 aromatic heterocycles. The first-order chi connectivity index (χ1) is 9.55. The van der Waals surface area contributed by atoms with Gasteiger partial charge in [0.25, 0.3) is 0 Å². The summed E-state index contributed by atoms with van der Waals surface area (Å²) in [5, 5.41) is 4.29. The van der Waals surface area contributed by atoms with Gasteiger partial charge in [-0.05, 0) is 53.0 Å². The lowest BCUT2D eigenvalue weighted by atomic mass is 10.2. The van der Waals surface area contributed by atoms with Gasteiger partial charge in [0.2, 0.25) is 4.38 Å². The van der Waals surface area contributed by atoms with Crippen molar-refractivity contribution in [3.05, 3.63) is 34.6 Å². The van der Waals surface area contributed by atoms with Gasteiger partial charge < -0.3 is 9.47 Å². The number of thiocarbonyl (C=S) groups is 1. The molecule has 0 fully saturated rings. The van der Waals surface area contributed by atoms with E-state index in [0.717, 1.165) is 21.5 Å². The molecule has 0 N–H and O–H groups in total. The number of ether oxygens (including phenoxy) is 2. The Kier molecular flexibility index (Phi) is 5.06. The van der Waals surface area contributed by atoms with Crippen LogP contribution in [0.4, 0.5) is 0 Å². The van der Waals surface area contributed by atoms with E-state index in [1.54, 1.807) is 24.2 Å². The molecule has 0 aliphatic heterocycles. The van der Waals surface area contributed by atoms with Crippen molar-refractivity contribution in [3.63, 3.8) is 0 Å². The molecule has 0 radical (unpaired) electrons. The minimum absolute atomic E-state index is 0.467. The molecule has 0 saturated carbocycles. The molecule has 0 saturated heterocycles. The van der Waals surface area contributed by atoms with Gasteiger partial charge in [-0.3, -0.25) is 0 Å². The summed E-state index contributed by atoms with van der Waals surface area (Å²) in [7, 11) is 1.63. The second-order valence-corrected chi connectivity index (χ2v) is 6.21. The molecule has 1 heterocycles. The predicted octanol–water partition coefficient (Wildman–Crippen LogP) is 3.98. The van der Waals surface area contributed by atoms with E-state index in [1.165, 1.54) is 11.8 Å². The van der Waals surface area contributed by atoms with Crippen LogP contribution in [0.2, 0.25) is 0 Å². The minimum Gasteiger partial charge on any atom is -0.495 e. The first kappa shape index (κ1) is 15.3. The topological polar surface area (TPSA) is 36.3 Å². The van der Waals surface area contributed by atoms with E-state index >= 15 is 0 Å². The first-order valence-electron chi connectivity index (χ1n) is 5.70. The molecule has 106 valence electrons. The average Bonchev–Trinajstić information content (AvgIpc) is 2.87. The van der Waals surface area contributed by atoms with Crippen LogP contribution in [0.3, 0.4) is 0 Å². The summed E-state index contributed by atoms with van der Waals surface area (Å²) in [6.07, 6.45) is 5.30. The highest BCUT2D eigenvalue weighted by molar-refractivity contribution is 9.10. The first-order valence-corrected chi connectivity index (χ1v) is 8.12. The molecule has 0 aliphatic rings. The summed E-state index contributed by atoms with van der Waals surface area (Å²) in [6.45, 7) is 2.01. The van der Waals surface area contributed by atoms with Gasteiger partial charge >= 0.3 is 0 Å². The van der Waals surface area contributed by atoms with Crippen LogP contribution < -0.4 is 9.47 Å². The Bertz CT molecular complexity index is 643. The number of hydrogen-bond donors (Lipinski definition) is 0. The van der Waals surface area contributed by atoms with Gasteiger partial charge in [0.05, 0.1) is 29.7 Å². The maximum atomic E-state index is 5.46. The van der Waals surface area contributed by atoms with Gasteiger partial charge in [-0.1, -0.05) is 11.8 Å². The van der Waals surface area contributed by atoms with Crippen molar-refractivity contribution in [2.75, 3.05) is 13.4 Å². The van der Waals surface area contributed by atoms with Gasteiger partial charge in [0.15, 0.2) is 5.75 Å². The molecule has 0 aliphatic carbocycles. The Hall–Kier alpha value is -1.05. The molecule has 2 aromatic rings. The maximum absolute atomic E-state index is 5.46. The number of hydrogen-bond acceptors (Lipinski definition) is 5. The van der Waals surface area contributed by atoms with Crippen LogP contribution in [-0.2, 0) is 0 Å². The number of aryl methyl sites for hydroxylation is 1. The highest BCUT2D eigenvalue weighted by Gasteiger charge is 2.10. The summed E-state index contributed by atoms with van der Waals surface area (Å²) in [4.78, 5) is 0. The molecular formula is C13H13BrN2O2S2. The summed E-state index contributed by atoms with van der Waals surface area (Å²) in [6, 6.07) is 3.91. The second kappa shape index (κ2) is 6.60. The lowest BCUT2D eigenvalue weighted by Gasteiger charge is -2.10. The van der Waals surface area contributed by atoms with Crippen LogP contribution in [-0.4, -0.2) is 27.5 Å². The lowest BCUT2D eigenvalue weighted by Crippen LogP contribution is -2.00. The van der Waals surface area contributed by atoms with E-state index in [2.05, 4.69) is 21.0 Å². The van der Waals surface area contributed by atoms with Crippen molar-refractivity contribution in [1.82, 2.24) is 9.78 Å². The van der Waals surface area contributed by atoms with E-state index in [0.29, 0.717) is 10.1 Å². The maximum Gasteiger partial charge on any atom is 0.225 e. The summed E-state index contributed by atoms with van der Waals surface area (Å²) in [5.41, 5.74) is 2.00. The van der Waals surface area contributed by atoms with Crippen LogP contribution in [0.5, 0.6) is 11.5 Å². The zero-order chi connectivity index (χ0) is 14.7. The molecule has 20 heavy (non-hydrogen) atoms. The zero-order valence-corrected chi connectivity index (χ0v) is 14.4. The van der Waals surface area contributed by atoms with Crippen LogP contribution >= 0.6 is 39.9 Å². The van der Waals surface area contributed by atoms with Crippen LogP contribution in [0.1, 0.15) is 5.56 Å². The van der Waals surface area contributed by atoms with Gasteiger partial charge in [0, 0.05) is 6.07 Å². The highest BCUT2D eigenvalue weighted by Crippen LogP contribution is 2.30. The smallest absolute Gasteiger partial charge is 0.225 e. The van der Waals surface area contributed by atoms with Gasteiger partial charge in [0.1, 0.15) is 5.75 Å². The van der Waals surface area contributed by atoms with Crippen molar-refractivity contribution < 1.29 is 9.47 Å². The number of methoxy groups -OCH3 is 1. The third kappa shape index (κ3) is 3.34.